The third-order valence-electron chi connectivity index (χ3n) is 2.73. The monoisotopic (exact) mass is 248 g/mol. The Morgan fingerprint density at radius 3 is 2.71 bits per heavy atom. The summed E-state index contributed by atoms with van der Waals surface area (Å²) in [7, 11) is 1.70. The van der Waals surface area contributed by atoms with Gasteiger partial charge in [0.2, 0.25) is 0 Å². The Kier molecular flexibility index (Phi) is 3.64. The molecule has 0 radical (unpaired) electrons. The van der Waals surface area contributed by atoms with Crippen LogP contribution in [0, 0.1) is 6.92 Å². The van der Waals surface area contributed by atoms with Gasteiger partial charge in [-0.25, -0.2) is 4.98 Å². The van der Waals surface area contributed by atoms with Crippen molar-refractivity contribution in [2.24, 2.45) is 0 Å². The SMILES string of the molecule is COc1ccccc1CCc1nc(N)sc1C. The number of ether oxygens (including phenoxy) is 1. The zero-order valence-electron chi connectivity index (χ0n) is 10.1. The fourth-order valence-corrected chi connectivity index (χ4v) is 2.58. The van der Waals surface area contributed by atoms with Crippen LogP contribution in [-0.4, -0.2) is 12.1 Å². The first-order valence-corrected chi connectivity index (χ1v) is 6.36. The van der Waals surface area contributed by atoms with Crippen LogP contribution in [0.1, 0.15) is 16.1 Å². The van der Waals surface area contributed by atoms with Crippen molar-refractivity contribution in [3.05, 3.63) is 40.4 Å². The number of nitrogens with zero attached hydrogens (tertiary/aromatic N) is 1. The minimum absolute atomic E-state index is 0.650. The molecule has 17 heavy (non-hydrogen) atoms. The molecule has 3 nitrogen and oxygen atoms in total. The van der Waals surface area contributed by atoms with Crippen LogP contribution in [0.5, 0.6) is 5.75 Å². The van der Waals surface area contributed by atoms with Crippen molar-refractivity contribution in [3.63, 3.8) is 0 Å². The molecule has 2 aromatic rings. The number of aryl methyl sites for hydroxylation is 3. The Hall–Kier alpha value is -1.55. The molecule has 0 amide bonds. The van der Waals surface area contributed by atoms with Gasteiger partial charge in [0.15, 0.2) is 5.13 Å². The number of methoxy groups -OCH3 is 1. The molecule has 1 aromatic heterocycles. The number of aromatic nitrogens is 1. The summed E-state index contributed by atoms with van der Waals surface area (Å²) in [6.45, 7) is 2.06. The lowest BCUT2D eigenvalue weighted by atomic mass is 10.1. The van der Waals surface area contributed by atoms with Gasteiger partial charge < -0.3 is 10.5 Å². The normalized spacial score (nSPS) is 10.5. The highest BCUT2D eigenvalue weighted by molar-refractivity contribution is 7.15. The quantitative estimate of drug-likeness (QED) is 0.905. The van der Waals surface area contributed by atoms with Gasteiger partial charge in [-0.05, 0) is 31.4 Å². The third kappa shape index (κ3) is 2.77. The molecule has 2 rings (SSSR count). The summed E-state index contributed by atoms with van der Waals surface area (Å²) in [6.07, 6.45) is 1.83. The van der Waals surface area contributed by atoms with Gasteiger partial charge in [-0.3, -0.25) is 0 Å². The smallest absolute Gasteiger partial charge is 0.180 e. The van der Waals surface area contributed by atoms with Crippen molar-refractivity contribution in [3.8, 4) is 5.75 Å². The largest absolute Gasteiger partial charge is 0.496 e. The summed E-state index contributed by atoms with van der Waals surface area (Å²) >= 11 is 1.55. The summed E-state index contributed by atoms with van der Waals surface area (Å²) in [5, 5.41) is 0.650. The average Bonchev–Trinajstić information content (AvgIpc) is 2.65. The highest BCUT2D eigenvalue weighted by Crippen LogP contribution is 2.23. The van der Waals surface area contributed by atoms with E-state index >= 15 is 0 Å². The van der Waals surface area contributed by atoms with Gasteiger partial charge in [-0.2, -0.15) is 0 Å². The van der Waals surface area contributed by atoms with Crippen molar-refractivity contribution in [2.75, 3.05) is 12.8 Å². The number of benzene rings is 1. The molecule has 0 bridgehead atoms. The van der Waals surface area contributed by atoms with Crippen molar-refractivity contribution in [1.82, 2.24) is 4.98 Å². The Morgan fingerprint density at radius 1 is 1.29 bits per heavy atom. The predicted octanol–water partition coefficient (Wildman–Crippen LogP) is 2.83. The molecule has 1 heterocycles. The average molecular weight is 248 g/mol. The van der Waals surface area contributed by atoms with Crippen LogP contribution in [0.4, 0.5) is 5.13 Å². The van der Waals surface area contributed by atoms with Crippen molar-refractivity contribution >= 4 is 16.5 Å². The Bertz CT molecular complexity index is 508. The first-order valence-electron chi connectivity index (χ1n) is 5.54. The molecule has 0 aliphatic rings. The number of hydrogen-bond donors (Lipinski definition) is 1. The van der Waals surface area contributed by atoms with Crippen LogP contribution >= 0.6 is 11.3 Å². The van der Waals surface area contributed by atoms with E-state index in [-0.39, 0.29) is 0 Å². The fourth-order valence-electron chi connectivity index (χ4n) is 1.84. The van der Waals surface area contributed by atoms with E-state index in [0.29, 0.717) is 5.13 Å². The first-order chi connectivity index (χ1) is 8.20. The number of para-hydroxylation sites is 1. The molecule has 0 saturated carbocycles. The summed E-state index contributed by atoms with van der Waals surface area (Å²) < 4.78 is 5.33. The van der Waals surface area contributed by atoms with Gasteiger partial charge in [0.25, 0.3) is 0 Å². The van der Waals surface area contributed by atoms with Crippen LogP contribution in [0.2, 0.25) is 0 Å². The minimum atomic E-state index is 0.650. The van der Waals surface area contributed by atoms with E-state index in [1.165, 1.54) is 10.4 Å². The standard InChI is InChI=1S/C13H16N2OS/c1-9-11(15-13(14)17-9)8-7-10-5-3-4-6-12(10)16-2/h3-6H,7-8H2,1-2H3,(H2,14,15). The van der Waals surface area contributed by atoms with Gasteiger partial charge in [0.1, 0.15) is 5.75 Å². The van der Waals surface area contributed by atoms with Crippen molar-refractivity contribution in [2.45, 2.75) is 19.8 Å². The molecule has 0 unspecified atom stereocenters. The Morgan fingerprint density at radius 2 is 2.06 bits per heavy atom. The van der Waals surface area contributed by atoms with E-state index < -0.39 is 0 Å². The Balaban J connectivity index is 2.09. The van der Waals surface area contributed by atoms with E-state index in [2.05, 4.69) is 18.0 Å². The highest BCUT2D eigenvalue weighted by atomic mass is 32.1. The Labute approximate surface area is 105 Å². The maximum absolute atomic E-state index is 5.69. The van der Waals surface area contributed by atoms with Crippen LogP contribution in [0.15, 0.2) is 24.3 Å². The zero-order chi connectivity index (χ0) is 12.3. The molecular formula is C13H16N2OS. The number of nitrogens with two attached hydrogens (primary N) is 1. The van der Waals surface area contributed by atoms with Crippen molar-refractivity contribution < 1.29 is 4.74 Å². The number of anilines is 1. The van der Waals surface area contributed by atoms with Crippen LogP contribution < -0.4 is 10.5 Å². The summed E-state index contributed by atoms with van der Waals surface area (Å²) in [5.41, 5.74) is 7.99. The molecule has 1 aromatic carbocycles. The number of thiazole rings is 1. The maximum atomic E-state index is 5.69. The zero-order valence-corrected chi connectivity index (χ0v) is 10.9. The second-order valence-electron chi connectivity index (χ2n) is 3.87. The second kappa shape index (κ2) is 5.19. The van der Waals surface area contributed by atoms with E-state index in [9.17, 15) is 0 Å². The van der Waals surface area contributed by atoms with Gasteiger partial charge in [0.05, 0.1) is 12.8 Å². The van der Waals surface area contributed by atoms with Crippen LogP contribution in [-0.2, 0) is 12.8 Å². The lowest BCUT2D eigenvalue weighted by Gasteiger charge is -2.07. The molecule has 0 aliphatic heterocycles. The van der Waals surface area contributed by atoms with E-state index in [0.717, 1.165) is 24.3 Å². The maximum Gasteiger partial charge on any atom is 0.180 e. The van der Waals surface area contributed by atoms with Gasteiger partial charge in [-0.15, -0.1) is 11.3 Å². The van der Waals surface area contributed by atoms with Gasteiger partial charge in [0, 0.05) is 4.88 Å². The highest BCUT2D eigenvalue weighted by Gasteiger charge is 2.07. The molecule has 0 atom stereocenters. The molecule has 90 valence electrons. The molecular weight excluding hydrogens is 232 g/mol. The third-order valence-corrected chi connectivity index (χ3v) is 3.58. The molecule has 0 fully saturated rings. The van der Waals surface area contributed by atoms with Crippen LogP contribution in [0.3, 0.4) is 0 Å². The first kappa shape index (κ1) is 11.9. The molecule has 0 aliphatic carbocycles. The summed E-state index contributed by atoms with van der Waals surface area (Å²) in [6, 6.07) is 8.08. The lowest BCUT2D eigenvalue weighted by Crippen LogP contribution is -1.97. The lowest BCUT2D eigenvalue weighted by molar-refractivity contribution is 0.409. The van der Waals surface area contributed by atoms with E-state index in [1.54, 1.807) is 18.4 Å². The van der Waals surface area contributed by atoms with Gasteiger partial charge in [-0.1, -0.05) is 18.2 Å². The van der Waals surface area contributed by atoms with Crippen LogP contribution in [0.25, 0.3) is 0 Å². The predicted molar refractivity (Wildman–Crippen MR) is 71.7 cm³/mol. The van der Waals surface area contributed by atoms with E-state index in [4.69, 9.17) is 10.5 Å². The molecule has 2 N–H and O–H groups in total. The fraction of sp³-hybridized carbons (Fsp3) is 0.308. The number of hydrogen-bond acceptors (Lipinski definition) is 4. The summed E-state index contributed by atoms with van der Waals surface area (Å²) in [5.74, 6) is 0.938. The number of nitrogen functional groups attached to an aromatic ring is 1. The molecule has 0 saturated heterocycles. The molecule has 0 spiro atoms. The summed E-state index contributed by atoms with van der Waals surface area (Å²) in [4.78, 5) is 5.54. The van der Waals surface area contributed by atoms with Crippen molar-refractivity contribution in [1.29, 1.82) is 0 Å². The minimum Gasteiger partial charge on any atom is -0.496 e. The van der Waals surface area contributed by atoms with E-state index in [1.807, 2.05) is 18.2 Å². The second-order valence-corrected chi connectivity index (χ2v) is 5.10. The van der Waals surface area contributed by atoms with Gasteiger partial charge >= 0.3 is 0 Å². The molecule has 4 heteroatoms. The number of rotatable bonds is 4. The topological polar surface area (TPSA) is 48.1 Å².